The maximum atomic E-state index is 13.1. The van der Waals surface area contributed by atoms with Crippen LogP contribution in [0.1, 0.15) is 72.1 Å². The van der Waals surface area contributed by atoms with Gasteiger partial charge in [0.15, 0.2) is 5.78 Å². The summed E-state index contributed by atoms with van der Waals surface area (Å²) in [6.45, 7) is 6.61. The van der Waals surface area contributed by atoms with Gasteiger partial charge in [-0.1, -0.05) is 39.5 Å². The summed E-state index contributed by atoms with van der Waals surface area (Å²) >= 11 is 0. The van der Waals surface area contributed by atoms with Crippen LogP contribution in [0.3, 0.4) is 0 Å². The largest absolute Gasteiger partial charge is 0.345 e. The van der Waals surface area contributed by atoms with Crippen LogP contribution in [0.2, 0.25) is 0 Å². The highest BCUT2D eigenvalue weighted by Gasteiger charge is 2.48. The van der Waals surface area contributed by atoms with E-state index in [1.807, 2.05) is 0 Å². The Hall–Kier alpha value is -1.43. The van der Waals surface area contributed by atoms with Gasteiger partial charge in [0.25, 0.3) is 0 Å². The Morgan fingerprint density at radius 2 is 1.75 bits per heavy atom. The first kappa shape index (κ1) is 21.3. The number of Topliss-reactive ketones (excluding diaryl/α,β-unsaturated/α-hetero) is 1. The van der Waals surface area contributed by atoms with Crippen molar-refractivity contribution in [2.24, 2.45) is 28.9 Å². The minimum absolute atomic E-state index is 0.00120. The van der Waals surface area contributed by atoms with Crippen LogP contribution in [0.25, 0.3) is 0 Å². The van der Waals surface area contributed by atoms with E-state index in [2.05, 4.69) is 19.2 Å². The lowest BCUT2D eigenvalue weighted by molar-refractivity contribution is -0.138. The molecule has 3 unspecified atom stereocenters. The molecular formula is C22H37N3O3. The van der Waals surface area contributed by atoms with Crippen molar-refractivity contribution >= 4 is 17.6 Å². The molecule has 0 radical (unpaired) electrons. The standard InChI is InChI=1S/C22H37N3O3/c1-14(26)18(10-15-6-4-7-15)24-21(28)19-11-17(13-25(19)20(27)12-23)22(2,3)16-8-5-9-16/h15-19H,4-13,23H2,1-3H3,(H,24,28). The summed E-state index contributed by atoms with van der Waals surface area (Å²) in [5, 5.41) is 2.97. The van der Waals surface area contributed by atoms with Gasteiger partial charge < -0.3 is 16.0 Å². The van der Waals surface area contributed by atoms with E-state index in [-0.39, 0.29) is 35.5 Å². The van der Waals surface area contributed by atoms with Gasteiger partial charge in [-0.25, -0.2) is 0 Å². The number of carbonyl (C=O) groups excluding carboxylic acids is 3. The Kier molecular flexibility index (Phi) is 6.47. The lowest BCUT2D eigenvalue weighted by atomic mass is 9.61. The summed E-state index contributed by atoms with van der Waals surface area (Å²) in [5.74, 6) is 1.12. The smallest absolute Gasteiger partial charge is 0.243 e. The zero-order chi connectivity index (χ0) is 20.5. The van der Waals surface area contributed by atoms with Crippen molar-refractivity contribution < 1.29 is 14.4 Å². The molecule has 158 valence electrons. The van der Waals surface area contributed by atoms with Crippen molar-refractivity contribution in [2.75, 3.05) is 13.1 Å². The minimum Gasteiger partial charge on any atom is -0.345 e. The fourth-order valence-electron chi connectivity index (χ4n) is 5.16. The van der Waals surface area contributed by atoms with Crippen LogP contribution in [0.15, 0.2) is 0 Å². The number of carbonyl (C=O) groups is 3. The van der Waals surface area contributed by atoms with Gasteiger partial charge in [-0.2, -0.15) is 0 Å². The highest BCUT2D eigenvalue weighted by molar-refractivity contribution is 5.92. The third kappa shape index (κ3) is 4.27. The molecule has 1 heterocycles. The Balaban J connectivity index is 1.69. The second kappa shape index (κ2) is 8.52. The molecular weight excluding hydrogens is 354 g/mol. The first-order valence-corrected chi connectivity index (χ1v) is 11.0. The van der Waals surface area contributed by atoms with Crippen LogP contribution in [0, 0.1) is 23.2 Å². The lowest BCUT2D eigenvalue weighted by Gasteiger charge is -2.44. The molecule has 3 rings (SSSR count). The van der Waals surface area contributed by atoms with Crippen LogP contribution in [-0.2, 0) is 14.4 Å². The number of hydrogen-bond donors (Lipinski definition) is 2. The van der Waals surface area contributed by atoms with E-state index in [9.17, 15) is 14.4 Å². The van der Waals surface area contributed by atoms with Crippen molar-refractivity contribution in [1.82, 2.24) is 10.2 Å². The average molecular weight is 392 g/mol. The van der Waals surface area contributed by atoms with Crippen molar-refractivity contribution in [1.29, 1.82) is 0 Å². The molecule has 3 fully saturated rings. The van der Waals surface area contributed by atoms with Crippen molar-refractivity contribution in [2.45, 2.75) is 84.2 Å². The molecule has 6 heteroatoms. The fourth-order valence-corrected chi connectivity index (χ4v) is 5.16. The summed E-state index contributed by atoms with van der Waals surface area (Å²) in [7, 11) is 0. The van der Waals surface area contributed by atoms with E-state index in [0.29, 0.717) is 24.8 Å². The van der Waals surface area contributed by atoms with Crippen LogP contribution in [0.4, 0.5) is 0 Å². The van der Waals surface area contributed by atoms with Gasteiger partial charge in [0.2, 0.25) is 11.8 Å². The highest BCUT2D eigenvalue weighted by atomic mass is 16.2. The quantitative estimate of drug-likeness (QED) is 0.664. The number of nitrogens with one attached hydrogen (secondary N) is 1. The van der Waals surface area contributed by atoms with Gasteiger partial charge in [0.1, 0.15) is 6.04 Å². The lowest BCUT2D eigenvalue weighted by Crippen LogP contribution is -2.52. The highest BCUT2D eigenvalue weighted by Crippen LogP contribution is 2.50. The molecule has 2 saturated carbocycles. The zero-order valence-corrected chi connectivity index (χ0v) is 17.7. The molecule has 3 N–H and O–H groups in total. The van der Waals surface area contributed by atoms with Crippen LogP contribution in [0.5, 0.6) is 0 Å². The summed E-state index contributed by atoms with van der Waals surface area (Å²) < 4.78 is 0. The Labute approximate surface area is 169 Å². The second-order valence-corrected chi connectivity index (χ2v) is 9.85. The van der Waals surface area contributed by atoms with E-state index in [0.717, 1.165) is 19.3 Å². The number of amides is 2. The van der Waals surface area contributed by atoms with Crippen molar-refractivity contribution in [3.63, 3.8) is 0 Å². The Bertz CT molecular complexity index is 610. The molecule has 0 aromatic rings. The van der Waals surface area contributed by atoms with Gasteiger partial charge >= 0.3 is 0 Å². The number of ketones is 1. The molecule has 1 aliphatic heterocycles. The first-order chi connectivity index (χ1) is 13.2. The molecule has 6 nitrogen and oxygen atoms in total. The normalized spacial score (nSPS) is 27.1. The van der Waals surface area contributed by atoms with Gasteiger partial charge in [-0.05, 0) is 55.8 Å². The van der Waals surface area contributed by atoms with Gasteiger partial charge in [0.05, 0.1) is 12.6 Å². The van der Waals surface area contributed by atoms with Crippen molar-refractivity contribution in [3.8, 4) is 0 Å². The molecule has 1 saturated heterocycles. The van der Waals surface area contributed by atoms with Crippen LogP contribution < -0.4 is 11.1 Å². The maximum Gasteiger partial charge on any atom is 0.243 e. The second-order valence-electron chi connectivity index (χ2n) is 9.85. The number of hydrogen-bond acceptors (Lipinski definition) is 4. The SMILES string of the molecule is CC(=O)C(CC1CCC1)NC(=O)C1CC(C(C)(C)C2CCC2)CN1C(=O)CN. The molecule has 0 aromatic heterocycles. The number of likely N-dealkylation sites (tertiary alicyclic amines) is 1. The Morgan fingerprint density at radius 1 is 1.11 bits per heavy atom. The summed E-state index contributed by atoms with van der Waals surface area (Å²) in [6, 6.07) is -0.949. The molecule has 0 bridgehead atoms. The fraction of sp³-hybridized carbons (Fsp3) is 0.864. The van der Waals surface area contributed by atoms with E-state index < -0.39 is 12.1 Å². The topological polar surface area (TPSA) is 92.5 Å². The number of nitrogens with zero attached hydrogens (tertiary/aromatic N) is 1. The molecule has 0 spiro atoms. The van der Waals surface area contributed by atoms with Crippen molar-refractivity contribution in [3.05, 3.63) is 0 Å². The van der Waals surface area contributed by atoms with Gasteiger partial charge in [0, 0.05) is 6.54 Å². The molecule has 28 heavy (non-hydrogen) atoms. The van der Waals surface area contributed by atoms with E-state index in [1.54, 1.807) is 11.8 Å². The maximum absolute atomic E-state index is 13.1. The van der Waals surface area contributed by atoms with E-state index in [4.69, 9.17) is 5.73 Å². The predicted octanol–water partition coefficient (Wildman–Crippen LogP) is 2.25. The number of nitrogens with two attached hydrogens (primary N) is 1. The number of rotatable bonds is 8. The van der Waals surface area contributed by atoms with Gasteiger partial charge in [-0.15, -0.1) is 0 Å². The Morgan fingerprint density at radius 3 is 2.21 bits per heavy atom. The summed E-state index contributed by atoms with van der Waals surface area (Å²) in [6.07, 6.45) is 8.61. The minimum atomic E-state index is -0.511. The molecule has 2 aliphatic carbocycles. The molecule has 0 aromatic carbocycles. The third-order valence-corrected chi connectivity index (χ3v) is 7.91. The summed E-state index contributed by atoms with van der Waals surface area (Å²) in [5.41, 5.74) is 5.73. The van der Waals surface area contributed by atoms with Crippen LogP contribution in [-0.4, -0.2) is 47.7 Å². The molecule has 2 amide bonds. The zero-order valence-electron chi connectivity index (χ0n) is 17.7. The van der Waals surface area contributed by atoms with Gasteiger partial charge in [-0.3, -0.25) is 14.4 Å². The molecule has 3 aliphatic rings. The monoisotopic (exact) mass is 391 g/mol. The van der Waals surface area contributed by atoms with E-state index >= 15 is 0 Å². The van der Waals surface area contributed by atoms with Crippen LogP contribution >= 0.6 is 0 Å². The third-order valence-electron chi connectivity index (χ3n) is 7.91. The molecule has 3 atom stereocenters. The van der Waals surface area contributed by atoms with E-state index in [1.165, 1.54) is 25.7 Å². The first-order valence-electron chi connectivity index (χ1n) is 11.0. The predicted molar refractivity (Wildman–Crippen MR) is 108 cm³/mol. The average Bonchev–Trinajstić information content (AvgIpc) is 3.00. The summed E-state index contributed by atoms with van der Waals surface area (Å²) in [4.78, 5) is 39.3.